The zero-order valence-electron chi connectivity index (χ0n) is 12.6. The Morgan fingerprint density at radius 2 is 2.15 bits per heavy atom. The second-order valence-corrected chi connectivity index (χ2v) is 6.01. The Balaban J connectivity index is 1.68. The summed E-state index contributed by atoms with van der Waals surface area (Å²) in [6.45, 7) is 8.16. The van der Waals surface area contributed by atoms with Gasteiger partial charge in [0.25, 0.3) is 0 Å². The van der Waals surface area contributed by atoms with Crippen LogP contribution < -0.4 is 5.32 Å². The summed E-state index contributed by atoms with van der Waals surface area (Å²) in [7, 11) is 0. The molecule has 4 heteroatoms. The lowest BCUT2D eigenvalue weighted by atomic mass is 9.96. The van der Waals surface area contributed by atoms with Crippen molar-refractivity contribution < 1.29 is 5.11 Å². The number of aliphatic hydroxyl groups is 1. The number of hydrogen-bond donors (Lipinski definition) is 2. The molecule has 1 aliphatic rings. The van der Waals surface area contributed by atoms with Crippen LogP contribution >= 0.6 is 0 Å². The molecule has 1 saturated heterocycles. The predicted octanol–water partition coefficient (Wildman–Crippen LogP) is 1.82. The van der Waals surface area contributed by atoms with E-state index in [0.29, 0.717) is 6.04 Å². The Morgan fingerprint density at radius 3 is 2.75 bits per heavy atom. The number of β-amino-alcohol motifs (C(OH)–C–C–N with tert-alkyl or cyclic N) is 1. The highest BCUT2D eigenvalue weighted by atomic mass is 16.3. The van der Waals surface area contributed by atoms with Gasteiger partial charge < -0.3 is 15.3 Å². The zero-order valence-corrected chi connectivity index (χ0v) is 12.6. The summed E-state index contributed by atoms with van der Waals surface area (Å²) >= 11 is 0. The predicted molar refractivity (Wildman–Crippen MR) is 81.5 cm³/mol. The van der Waals surface area contributed by atoms with Crippen molar-refractivity contribution in [1.29, 1.82) is 0 Å². The van der Waals surface area contributed by atoms with E-state index in [1.807, 2.05) is 25.4 Å². The van der Waals surface area contributed by atoms with Crippen LogP contribution in [0.2, 0.25) is 0 Å². The van der Waals surface area contributed by atoms with Crippen LogP contribution in [-0.4, -0.2) is 47.3 Å². The fraction of sp³-hybridized carbons (Fsp3) is 0.688. The molecule has 1 aromatic heterocycles. The first-order chi connectivity index (χ1) is 9.65. The number of hydrogen-bond acceptors (Lipinski definition) is 4. The zero-order chi connectivity index (χ0) is 14.4. The number of rotatable bonds is 6. The molecule has 1 fully saturated rings. The molecule has 0 radical (unpaired) electrons. The standard InChI is InChI=1S/C16H27N3O/c1-13(20)12-19-8-5-15(6-9-19)10-18-14(2)16-4-3-7-17-11-16/h3-4,7,11,13-15,18,20H,5-6,8-10,12H2,1-2H3/t13-,14+/m0/s1. The average molecular weight is 277 g/mol. The fourth-order valence-electron chi connectivity index (χ4n) is 2.84. The van der Waals surface area contributed by atoms with Crippen LogP contribution in [0.3, 0.4) is 0 Å². The van der Waals surface area contributed by atoms with Crippen LogP contribution in [0.15, 0.2) is 24.5 Å². The van der Waals surface area contributed by atoms with Gasteiger partial charge in [0, 0.05) is 25.0 Å². The molecule has 1 aliphatic heterocycles. The summed E-state index contributed by atoms with van der Waals surface area (Å²) in [6.07, 6.45) is 5.98. The minimum absolute atomic E-state index is 0.213. The fourth-order valence-corrected chi connectivity index (χ4v) is 2.84. The summed E-state index contributed by atoms with van der Waals surface area (Å²) in [5, 5.41) is 13.0. The minimum atomic E-state index is -0.213. The molecular formula is C16H27N3O. The molecule has 2 heterocycles. The van der Waals surface area contributed by atoms with Gasteiger partial charge in [-0.15, -0.1) is 0 Å². The highest BCUT2D eigenvalue weighted by Crippen LogP contribution is 2.18. The van der Waals surface area contributed by atoms with Crippen LogP contribution in [0.25, 0.3) is 0 Å². The molecule has 0 spiro atoms. The Morgan fingerprint density at radius 1 is 1.40 bits per heavy atom. The van der Waals surface area contributed by atoms with Gasteiger partial charge in [-0.25, -0.2) is 0 Å². The van der Waals surface area contributed by atoms with Gasteiger partial charge in [-0.3, -0.25) is 4.98 Å². The van der Waals surface area contributed by atoms with Crippen molar-refractivity contribution in [1.82, 2.24) is 15.2 Å². The quantitative estimate of drug-likeness (QED) is 0.833. The van der Waals surface area contributed by atoms with Gasteiger partial charge >= 0.3 is 0 Å². The molecule has 0 amide bonds. The van der Waals surface area contributed by atoms with E-state index in [1.54, 1.807) is 0 Å². The second kappa shape index (κ2) is 7.72. The van der Waals surface area contributed by atoms with Crippen molar-refractivity contribution in [2.45, 2.75) is 38.8 Å². The third kappa shape index (κ3) is 4.85. The third-order valence-electron chi connectivity index (χ3n) is 4.13. The van der Waals surface area contributed by atoms with E-state index in [1.165, 1.54) is 18.4 Å². The molecule has 0 aromatic carbocycles. The number of piperidine rings is 1. The van der Waals surface area contributed by atoms with E-state index in [9.17, 15) is 5.11 Å². The summed E-state index contributed by atoms with van der Waals surface area (Å²) in [6, 6.07) is 4.47. The van der Waals surface area contributed by atoms with Gasteiger partial charge in [0.15, 0.2) is 0 Å². The summed E-state index contributed by atoms with van der Waals surface area (Å²) in [5.41, 5.74) is 1.25. The molecule has 2 N–H and O–H groups in total. The molecule has 4 nitrogen and oxygen atoms in total. The van der Waals surface area contributed by atoms with Crippen LogP contribution in [0.5, 0.6) is 0 Å². The Kier molecular flexibility index (Phi) is 5.95. The number of aliphatic hydroxyl groups excluding tert-OH is 1. The highest BCUT2D eigenvalue weighted by Gasteiger charge is 2.20. The smallest absolute Gasteiger partial charge is 0.0639 e. The molecule has 0 bridgehead atoms. The van der Waals surface area contributed by atoms with E-state index in [2.05, 4.69) is 28.2 Å². The summed E-state index contributed by atoms with van der Waals surface area (Å²) < 4.78 is 0. The molecule has 2 rings (SSSR count). The Labute approximate surface area is 122 Å². The lowest BCUT2D eigenvalue weighted by Crippen LogP contribution is -2.40. The first kappa shape index (κ1) is 15.4. The molecule has 2 atom stereocenters. The largest absolute Gasteiger partial charge is 0.392 e. The van der Waals surface area contributed by atoms with Crippen molar-refractivity contribution in [2.24, 2.45) is 5.92 Å². The lowest BCUT2D eigenvalue weighted by molar-refractivity contribution is 0.0994. The molecular weight excluding hydrogens is 250 g/mol. The van der Waals surface area contributed by atoms with Gasteiger partial charge in [-0.1, -0.05) is 6.07 Å². The molecule has 0 saturated carbocycles. The Bertz CT molecular complexity index is 375. The van der Waals surface area contributed by atoms with Crippen molar-refractivity contribution >= 4 is 0 Å². The normalized spacial score (nSPS) is 20.8. The van der Waals surface area contributed by atoms with Crippen molar-refractivity contribution in [3.8, 4) is 0 Å². The Hall–Kier alpha value is -0.970. The summed E-state index contributed by atoms with van der Waals surface area (Å²) in [4.78, 5) is 6.53. The molecule has 0 aliphatic carbocycles. The topological polar surface area (TPSA) is 48.4 Å². The second-order valence-electron chi connectivity index (χ2n) is 6.01. The number of nitrogens with one attached hydrogen (secondary N) is 1. The van der Waals surface area contributed by atoms with E-state index >= 15 is 0 Å². The third-order valence-corrected chi connectivity index (χ3v) is 4.13. The van der Waals surface area contributed by atoms with E-state index in [4.69, 9.17) is 0 Å². The van der Waals surface area contributed by atoms with Gasteiger partial charge in [0.1, 0.15) is 0 Å². The van der Waals surface area contributed by atoms with Crippen molar-refractivity contribution in [3.05, 3.63) is 30.1 Å². The first-order valence-corrected chi connectivity index (χ1v) is 7.69. The van der Waals surface area contributed by atoms with Crippen LogP contribution in [0.1, 0.15) is 38.3 Å². The lowest BCUT2D eigenvalue weighted by Gasteiger charge is -2.33. The van der Waals surface area contributed by atoms with E-state index in [0.717, 1.165) is 32.1 Å². The van der Waals surface area contributed by atoms with Crippen molar-refractivity contribution in [3.63, 3.8) is 0 Å². The average Bonchev–Trinajstić information content (AvgIpc) is 2.46. The maximum absolute atomic E-state index is 9.41. The number of pyridine rings is 1. The number of nitrogens with zero attached hydrogens (tertiary/aromatic N) is 2. The van der Waals surface area contributed by atoms with Crippen LogP contribution in [0.4, 0.5) is 0 Å². The highest BCUT2D eigenvalue weighted by molar-refractivity contribution is 5.12. The van der Waals surface area contributed by atoms with Gasteiger partial charge in [0.2, 0.25) is 0 Å². The molecule has 112 valence electrons. The van der Waals surface area contributed by atoms with Crippen LogP contribution in [0, 0.1) is 5.92 Å². The maximum Gasteiger partial charge on any atom is 0.0639 e. The minimum Gasteiger partial charge on any atom is -0.392 e. The maximum atomic E-state index is 9.41. The molecule has 0 unspecified atom stereocenters. The summed E-state index contributed by atoms with van der Waals surface area (Å²) in [5.74, 6) is 0.749. The van der Waals surface area contributed by atoms with Gasteiger partial charge in [0.05, 0.1) is 6.10 Å². The van der Waals surface area contributed by atoms with Gasteiger partial charge in [-0.2, -0.15) is 0 Å². The first-order valence-electron chi connectivity index (χ1n) is 7.69. The monoisotopic (exact) mass is 277 g/mol. The molecule has 1 aromatic rings. The van der Waals surface area contributed by atoms with E-state index in [-0.39, 0.29) is 6.10 Å². The number of likely N-dealkylation sites (tertiary alicyclic amines) is 1. The van der Waals surface area contributed by atoms with Gasteiger partial charge in [-0.05, 0) is 63.9 Å². The van der Waals surface area contributed by atoms with E-state index < -0.39 is 0 Å². The van der Waals surface area contributed by atoms with Crippen LogP contribution in [-0.2, 0) is 0 Å². The SMILES string of the molecule is C[C@H](O)CN1CCC(CN[C@H](C)c2cccnc2)CC1. The molecule has 20 heavy (non-hydrogen) atoms. The van der Waals surface area contributed by atoms with Crippen molar-refractivity contribution in [2.75, 3.05) is 26.2 Å². The number of aromatic nitrogens is 1.